The van der Waals surface area contributed by atoms with Crippen LogP contribution >= 0.6 is 0 Å². The molecular weight excluding hydrogens is 112 g/mol. The number of esters is 1. The van der Waals surface area contributed by atoms with Gasteiger partial charge in [0.15, 0.2) is 0 Å². The van der Waals surface area contributed by atoms with E-state index in [1.165, 1.54) is 0 Å². The fourth-order valence-electron chi connectivity index (χ4n) is 0.202. The number of hydrogen-bond acceptors (Lipinski definition) is 3. The summed E-state index contributed by atoms with van der Waals surface area (Å²) in [6.07, 6.45) is 0. The highest BCUT2D eigenvalue weighted by Gasteiger charge is 2.06. The van der Waals surface area contributed by atoms with Gasteiger partial charge in [0.25, 0.3) is 0 Å². The van der Waals surface area contributed by atoms with Crippen LogP contribution in [0.1, 0.15) is 6.92 Å². The van der Waals surface area contributed by atoms with Crippen molar-refractivity contribution in [2.75, 3.05) is 6.61 Å². The van der Waals surface area contributed by atoms with Gasteiger partial charge in [-0.25, -0.2) is 4.79 Å². The summed E-state index contributed by atoms with van der Waals surface area (Å²) in [5, 5.41) is 0. The first-order valence-corrected chi connectivity index (χ1v) is 2.15. The van der Waals surface area contributed by atoms with E-state index < -0.39 is 11.9 Å². The first-order chi connectivity index (χ1) is 3.68. The Hall–Kier alpha value is -1.06. The lowest BCUT2D eigenvalue weighted by molar-refractivity contribution is -0.153. The summed E-state index contributed by atoms with van der Waals surface area (Å²) < 4.78 is 4.19. The molecule has 0 rings (SSSR count). The number of ether oxygens (including phenoxy) is 1. The van der Waals surface area contributed by atoms with Crippen molar-refractivity contribution < 1.29 is 14.3 Å². The minimum absolute atomic E-state index is 0.182. The zero-order valence-corrected chi connectivity index (χ0v) is 4.51. The van der Waals surface area contributed by atoms with Gasteiger partial charge in [0.1, 0.15) is 0 Å². The summed E-state index contributed by atoms with van der Waals surface area (Å²) in [4.78, 5) is 19.9. The molecule has 4 heteroatoms. The largest absolute Gasteiger partial charge is 0.459 e. The van der Waals surface area contributed by atoms with E-state index in [9.17, 15) is 9.59 Å². The van der Waals surface area contributed by atoms with Crippen LogP contribution in [-0.2, 0) is 14.3 Å². The van der Waals surface area contributed by atoms with E-state index >= 15 is 0 Å². The lowest BCUT2D eigenvalue weighted by Crippen LogP contribution is -2.25. The molecule has 4 nitrogen and oxygen atoms in total. The monoisotopic (exact) mass is 119 g/mol. The molecule has 0 aromatic carbocycles. The molecule has 8 heavy (non-hydrogen) atoms. The molecular formula is C4H7NO3. The second-order valence-electron chi connectivity index (χ2n) is 1.08. The highest BCUT2D eigenvalue weighted by molar-refractivity contribution is 6.31. The van der Waals surface area contributed by atoms with Crippen molar-refractivity contribution in [3.63, 3.8) is 0 Å². The van der Waals surface area contributed by atoms with Gasteiger partial charge in [0.05, 0.1) is 6.61 Å². The molecule has 0 atom stereocenters. The molecule has 2 N–H and O–H groups in total. The molecule has 0 aliphatic carbocycles. The van der Waals surface area contributed by atoms with Crippen molar-refractivity contribution in [3.8, 4) is 0 Å². The van der Waals surface area contributed by atoms with Gasteiger partial charge in [-0.3, -0.25) is 4.79 Å². The fraction of sp³-hybridized carbons (Fsp3) is 0.500. The standard InChI is InChI=1S/C4H7NO3/c1-2-8-4(7)3(5)6/h2H2,1H3,(H2,5,6)/i3+1,5+1. The van der Waals surface area contributed by atoms with Crippen LogP contribution in [0.2, 0.25) is 0 Å². The molecule has 0 aromatic heterocycles. The maximum Gasteiger partial charge on any atom is 0.396 e. The molecule has 1 amide bonds. The van der Waals surface area contributed by atoms with Crippen LogP contribution in [0.4, 0.5) is 0 Å². The van der Waals surface area contributed by atoms with E-state index in [0.717, 1.165) is 0 Å². The molecule has 46 valence electrons. The highest BCUT2D eigenvalue weighted by Crippen LogP contribution is 1.72. The minimum atomic E-state index is -1.05. The van der Waals surface area contributed by atoms with Crippen molar-refractivity contribution in [3.05, 3.63) is 0 Å². The Bertz CT molecular complexity index is 110. The molecule has 0 spiro atoms. The maximum atomic E-state index is 10.0. The first-order valence-electron chi connectivity index (χ1n) is 2.15. The van der Waals surface area contributed by atoms with E-state index in [-0.39, 0.29) is 6.61 Å². The van der Waals surface area contributed by atoms with Crippen molar-refractivity contribution in [1.82, 2.24) is 0 Å². The van der Waals surface area contributed by atoms with Gasteiger partial charge in [-0.05, 0) is 6.92 Å². The zero-order valence-electron chi connectivity index (χ0n) is 4.51. The van der Waals surface area contributed by atoms with Crippen LogP contribution in [-0.4, -0.2) is 18.5 Å². The Labute approximate surface area is 46.6 Å². The Morgan fingerprint density at radius 3 is 2.25 bits per heavy atom. The predicted octanol–water partition coefficient (Wildman–Crippen LogP) is -0.965. The molecule has 0 aliphatic rings. The second-order valence-corrected chi connectivity index (χ2v) is 1.08. The van der Waals surface area contributed by atoms with Gasteiger partial charge in [-0.2, -0.15) is 0 Å². The van der Waals surface area contributed by atoms with E-state index in [1.54, 1.807) is 6.92 Å². The summed E-state index contributed by atoms with van der Waals surface area (Å²) in [6, 6.07) is 0. The van der Waals surface area contributed by atoms with Crippen molar-refractivity contribution in [2.45, 2.75) is 6.92 Å². The van der Waals surface area contributed by atoms with Crippen LogP contribution in [0.15, 0.2) is 0 Å². The van der Waals surface area contributed by atoms with Crippen molar-refractivity contribution in [1.29, 1.82) is 0 Å². The molecule has 0 fully saturated rings. The third kappa shape index (κ3) is 2.17. The van der Waals surface area contributed by atoms with Gasteiger partial charge in [0.2, 0.25) is 0 Å². The molecule has 0 radical (unpaired) electrons. The Morgan fingerprint density at radius 1 is 1.62 bits per heavy atom. The smallest absolute Gasteiger partial charge is 0.396 e. The van der Waals surface area contributed by atoms with Gasteiger partial charge < -0.3 is 10.5 Å². The summed E-state index contributed by atoms with van der Waals surface area (Å²) >= 11 is 0. The van der Waals surface area contributed by atoms with Crippen LogP contribution in [0.5, 0.6) is 0 Å². The number of carbonyl (C=O) groups excluding carboxylic acids is 2. The molecule has 0 bridgehead atoms. The van der Waals surface area contributed by atoms with Crippen LogP contribution in [0.3, 0.4) is 0 Å². The van der Waals surface area contributed by atoms with Gasteiger partial charge in [-0.15, -0.1) is 0 Å². The molecule has 0 heterocycles. The van der Waals surface area contributed by atoms with Crippen molar-refractivity contribution in [2.24, 2.45) is 5.73 Å². The topological polar surface area (TPSA) is 69.4 Å². The number of primary amides is 1. The van der Waals surface area contributed by atoms with Gasteiger partial charge >= 0.3 is 11.9 Å². The van der Waals surface area contributed by atoms with Gasteiger partial charge in [0, 0.05) is 0 Å². The lowest BCUT2D eigenvalue weighted by atomic mass is 10.8. The summed E-state index contributed by atoms with van der Waals surface area (Å²) in [5.74, 6) is -2.03. The number of carbonyl (C=O) groups is 2. The minimum Gasteiger partial charge on any atom is -0.459 e. The average Bonchev–Trinajstić information content (AvgIpc) is 1.67. The SMILES string of the molecule is CCOC(=O)[13C]([15NH2])=O. The van der Waals surface area contributed by atoms with E-state index in [2.05, 4.69) is 10.5 Å². The number of amides is 1. The average molecular weight is 119 g/mol. The first kappa shape index (κ1) is 6.94. The second kappa shape index (κ2) is 3.01. The quantitative estimate of drug-likeness (QED) is 0.209. The molecule has 0 saturated carbocycles. The Morgan fingerprint density at radius 2 is 2.12 bits per heavy atom. The Balaban J connectivity index is 3.49. The number of hydrogen-bond donors (Lipinski definition) is 1. The molecule has 0 aromatic rings. The van der Waals surface area contributed by atoms with E-state index in [1.807, 2.05) is 0 Å². The maximum absolute atomic E-state index is 10.0. The van der Waals surface area contributed by atoms with Gasteiger partial charge in [-0.1, -0.05) is 0 Å². The molecule has 0 aliphatic heterocycles. The predicted molar refractivity (Wildman–Crippen MR) is 25.8 cm³/mol. The fourth-order valence-corrected chi connectivity index (χ4v) is 0.202. The lowest BCUT2D eigenvalue weighted by Gasteiger charge is -1.92. The van der Waals surface area contributed by atoms with Crippen LogP contribution < -0.4 is 5.73 Å². The number of nitrogens with two attached hydrogens (primary N) is 1. The van der Waals surface area contributed by atoms with E-state index in [4.69, 9.17) is 0 Å². The third-order valence-corrected chi connectivity index (χ3v) is 0.477. The number of rotatable bonds is 1. The Kier molecular flexibility index (Phi) is 2.61. The highest BCUT2D eigenvalue weighted by atomic mass is 16.6. The normalized spacial score (nSPS) is 8.12. The van der Waals surface area contributed by atoms with E-state index in [0.29, 0.717) is 0 Å². The third-order valence-electron chi connectivity index (χ3n) is 0.477. The summed E-state index contributed by atoms with van der Waals surface area (Å²) in [6.45, 7) is 1.78. The van der Waals surface area contributed by atoms with Crippen LogP contribution in [0.25, 0.3) is 0 Å². The summed E-state index contributed by atoms with van der Waals surface area (Å²) in [7, 11) is 0. The molecule has 0 saturated heterocycles. The molecule has 0 unspecified atom stereocenters. The van der Waals surface area contributed by atoms with Crippen LogP contribution in [0, 0.1) is 0 Å². The van der Waals surface area contributed by atoms with Crippen molar-refractivity contribution >= 4 is 11.9 Å². The summed E-state index contributed by atoms with van der Waals surface area (Å²) in [5.41, 5.74) is 4.51. The zero-order chi connectivity index (χ0) is 6.57.